The summed E-state index contributed by atoms with van der Waals surface area (Å²) in [6, 6.07) is 0. The Morgan fingerprint density at radius 1 is 1.29 bits per heavy atom. The Labute approximate surface area is 146 Å². The van der Waals surface area contributed by atoms with Gasteiger partial charge in [-0.25, -0.2) is 0 Å². The van der Waals surface area contributed by atoms with E-state index < -0.39 is 0 Å². The van der Waals surface area contributed by atoms with Gasteiger partial charge in [-0.3, -0.25) is 9.67 Å². The maximum atomic E-state index is 4.23. The maximum Gasteiger partial charge on any atom is 0.190 e. The van der Waals surface area contributed by atoms with Crippen LogP contribution in [0.5, 0.6) is 0 Å². The van der Waals surface area contributed by atoms with E-state index in [1.54, 1.807) is 0 Å². The van der Waals surface area contributed by atoms with Gasteiger partial charge in [0.05, 0.1) is 6.20 Å². The van der Waals surface area contributed by atoms with Crippen molar-refractivity contribution < 1.29 is 0 Å². The molecule has 0 saturated heterocycles. The van der Waals surface area contributed by atoms with E-state index in [0.717, 1.165) is 37.8 Å². The lowest BCUT2D eigenvalue weighted by Gasteiger charge is -2.12. The average molecular weight is 407 g/mol. The molecule has 0 fully saturated rings. The summed E-state index contributed by atoms with van der Waals surface area (Å²) < 4.78 is 1.85. The number of rotatable bonds is 8. The zero-order valence-electron chi connectivity index (χ0n) is 13.7. The first-order valence-electron chi connectivity index (χ1n) is 7.54. The van der Waals surface area contributed by atoms with Crippen molar-refractivity contribution in [2.45, 2.75) is 39.5 Å². The number of aromatic nitrogens is 2. The number of aliphatic imine (C=N–C) groups is 1. The summed E-state index contributed by atoms with van der Waals surface area (Å²) in [7, 11) is 3.77. The summed E-state index contributed by atoms with van der Waals surface area (Å²) in [5.41, 5.74) is 1.29. The van der Waals surface area contributed by atoms with Crippen LogP contribution in [0.3, 0.4) is 0 Å². The molecule has 0 atom stereocenters. The van der Waals surface area contributed by atoms with E-state index in [0.29, 0.717) is 0 Å². The molecule has 1 heterocycles. The minimum Gasteiger partial charge on any atom is -0.356 e. The predicted octanol–water partition coefficient (Wildman–Crippen LogP) is 2.57. The van der Waals surface area contributed by atoms with Crippen LogP contribution in [0.15, 0.2) is 17.4 Å². The lowest BCUT2D eigenvalue weighted by molar-refractivity contribution is 0.549. The van der Waals surface area contributed by atoms with Crippen LogP contribution >= 0.6 is 24.0 Å². The van der Waals surface area contributed by atoms with Crippen LogP contribution in [0.2, 0.25) is 0 Å². The van der Waals surface area contributed by atoms with Gasteiger partial charge in [-0.1, -0.05) is 13.8 Å². The Bertz CT molecular complexity index is 401. The largest absolute Gasteiger partial charge is 0.356 e. The standard InChI is InChI=1S/C15H29N5.HI/c1-13(2)7-5-9-17-15(16-3)18-10-6-8-14-11-19-20(4)12-14;/h11-13H,5-10H2,1-4H3,(H2,16,17,18);1H. The Kier molecular flexibility index (Phi) is 11.4. The summed E-state index contributed by atoms with van der Waals surface area (Å²) in [5.74, 6) is 1.67. The van der Waals surface area contributed by atoms with Gasteiger partial charge in [0.2, 0.25) is 0 Å². The summed E-state index contributed by atoms with van der Waals surface area (Å²) >= 11 is 0. The highest BCUT2D eigenvalue weighted by Crippen LogP contribution is 2.02. The highest BCUT2D eigenvalue weighted by Gasteiger charge is 1.99. The fraction of sp³-hybridized carbons (Fsp3) is 0.733. The van der Waals surface area contributed by atoms with Gasteiger partial charge >= 0.3 is 0 Å². The molecule has 0 unspecified atom stereocenters. The van der Waals surface area contributed by atoms with Gasteiger partial charge in [0.1, 0.15) is 0 Å². The minimum absolute atomic E-state index is 0. The van der Waals surface area contributed by atoms with Crippen molar-refractivity contribution in [2.75, 3.05) is 20.1 Å². The monoisotopic (exact) mass is 407 g/mol. The maximum absolute atomic E-state index is 4.23. The molecule has 21 heavy (non-hydrogen) atoms. The Morgan fingerprint density at radius 3 is 2.48 bits per heavy atom. The molecule has 0 aliphatic carbocycles. The third-order valence-electron chi connectivity index (χ3n) is 3.17. The summed E-state index contributed by atoms with van der Waals surface area (Å²) in [5, 5.41) is 10.9. The van der Waals surface area contributed by atoms with E-state index in [4.69, 9.17) is 0 Å². The van der Waals surface area contributed by atoms with Crippen LogP contribution in [0.25, 0.3) is 0 Å². The number of nitrogens with zero attached hydrogens (tertiary/aromatic N) is 3. The van der Waals surface area contributed by atoms with Crippen molar-refractivity contribution in [3.8, 4) is 0 Å². The molecule has 0 bridgehead atoms. The number of guanidine groups is 1. The van der Waals surface area contributed by atoms with Crippen LogP contribution in [0.4, 0.5) is 0 Å². The normalized spacial score (nSPS) is 11.4. The fourth-order valence-electron chi connectivity index (χ4n) is 2.04. The molecule has 0 amide bonds. The molecular weight excluding hydrogens is 377 g/mol. The summed E-state index contributed by atoms with van der Waals surface area (Å²) in [4.78, 5) is 4.23. The van der Waals surface area contributed by atoms with Crippen molar-refractivity contribution in [3.05, 3.63) is 18.0 Å². The van der Waals surface area contributed by atoms with E-state index in [1.807, 2.05) is 25.0 Å². The smallest absolute Gasteiger partial charge is 0.190 e. The number of aryl methyl sites for hydroxylation is 2. The van der Waals surface area contributed by atoms with Crippen LogP contribution in [-0.2, 0) is 13.5 Å². The molecule has 5 nitrogen and oxygen atoms in total. The fourth-order valence-corrected chi connectivity index (χ4v) is 2.04. The van der Waals surface area contributed by atoms with Gasteiger partial charge in [0.25, 0.3) is 0 Å². The van der Waals surface area contributed by atoms with Gasteiger partial charge < -0.3 is 10.6 Å². The molecule has 0 aromatic carbocycles. The first kappa shape index (κ1) is 20.2. The SMILES string of the molecule is CN=C(NCCCc1cnn(C)c1)NCCCC(C)C.I. The number of nitrogens with one attached hydrogen (secondary N) is 2. The summed E-state index contributed by atoms with van der Waals surface area (Å²) in [6.07, 6.45) is 8.57. The third-order valence-corrected chi connectivity index (χ3v) is 3.17. The van der Waals surface area contributed by atoms with Crippen LogP contribution < -0.4 is 10.6 Å². The molecule has 2 N–H and O–H groups in total. The number of hydrogen-bond donors (Lipinski definition) is 2. The van der Waals surface area contributed by atoms with Gasteiger partial charge in [0, 0.05) is 33.4 Å². The third kappa shape index (κ3) is 9.71. The molecule has 122 valence electrons. The highest BCUT2D eigenvalue weighted by atomic mass is 127. The molecular formula is C15H30IN5. The topological polar surface area (TPSA) is 54.2 Å². The van der Waals surface area contributed by atoms with Gasteiger partial charge in [-0.2, -0.15) is 5.10 Å². The molecule has 0 aliphatic heterocycles. The Hall–Kier alpha value is -0.790. The molecule has 0 spiro atoms. The first-order chi connectivity index (χ1) is 9.61. The Balaban J connectivity index is 0.00000400. The van der Waals surface area contributed by atoms with Crippen molar-refractivity contribution in [3.63, 3.8) is 0 Å². The molecule has 1 aromatic heterocycles. The van der Waals surface area contributed by atoms with Crippen molar-refractivity contribution >= 4 is 29.9 Å². The molecule has 0 radical (unpaired) electrons. The lowest BCUT2D eigenvalue weighted by Crippen LogP contribution is -2.38. The van der Waals surface area contributed by atoms with E-state index in [1.165, 1.54) is 18.4 Å². The Morgan fingerprint density at radius 2 is 1.95 bits per heavy atom. The molecule has 6 heteroatoms. The van der Waals surface area contributed by atoms with E-state index >= 15 is 0 Å². The predicted molar refractivity (Wildman–Crippen MR) is 100 cm³/mol. The van der Waals surface area contributed by atoms with E-state index in [9.17, 15) is 0 Å². The lowest BCUT2D eigenvalue weighted by atomic mass is 10.1. The first-order valence-corrected chi connectivity index (χ1v) is 7.54. The second kappa shape index (κ2) is 11.8. The number of halogens is 1. The van der Waals surface area contributed by atoms with Crippen molar-refractivity contribution in [1.82, 2.24) is 20.4 Å². The quantitative estimate of drug-likeness (QED) is 0.302. The van der Waals surface area contributed by atoms with E-state index in [-0.39, 0.29) is 24.0 Å². The second-order valence-corrected chi connectivity index (χ2v) is 5.59. The van der Waals surface area contributed by atoms with Crippen molar-refractivity contribution in [2.24, 2.45) is 18.0 Å². The average Bonchev–Trinajstić information content (AvgIpc) is 2.82. The van der Waals surface area contributed by atoms with Gasteiger partial charge in [0.15, 0.2) is 5.96 Å². The van der Waals surface area contributed by atoms with Gasteiger partial charge in [-0.05, 0) is 37.2 Å². The summed E-state index contributed by atoms with van der Waals surface area (Å²) in [6.45, 7) is 6.43. The zero-order valence-corrected chi connectivity index (χ0v) is 16.1. The van der Waals surface area contributed by atoms with E-state index in [2.05, 4.69) is 40.8 Å². The second-order valence-electron chi connectivity index (χ2n) is 5.59. The van der Waals surface area contributed by atoms with Gasteiger partial charge in [-0.15, -0.1) is 24.0 Å². The highest BCUT2D eigenvalue weighted by molar-refractivity contribution is 14.0. The molecule has 1 rings (SSSR count). The number of hydrogen-bond acceptors (Lipinski definition) is 2. The molecule has 0 aliphatic rings. The van der Waals surface area contributed by atoms with Crippen LogP contribution in [-0.4, -0.2) is 35.9 Å². The minimum atomic E-state index is 0. The van der Waals surface area contributed by atoms with Crippen LogP contribution in [0.1, 0.15) is 38.7 Å². The molecule has 1 aromatic rings. The van der Waals surface area contributed by atoms with Crippen LogP contribution in [0, 0.1) is 5.92 Å². The molecule has 0 saturated carbocycles. The zero-order chi connectivity index (χ0) is 14.8. The van der Waals surface area contributed by atoms with Crippen molar-refractivity contribution in [1.29, 1.82) is 0 Å².